The number of halogens is 5. The Labute approximate surface area is 175 Å². The van der Waals surface area contributed by atoms with Crippen molar-refractivity contribution in [3.05, 3.63) is 56.9 Å². The van der Waals surface area contributed by atoms with Gasteiger partial charge >= 0.3 is 0 Å². The van der Waals surface area contributed by atoms with E-state index in [-0.39, 0.29) is 17.9 Å². The van der Waals surface area contributed by atoms with E-state index < -0.39 is 34.6 Å². The highest BCUT2D eigenvalue weighted by molar-refractivity contribution is 14.1. The first-order valence-electron chi connectivity index (χ1n) is 7.55. The minimum atomic E-state index is -1.35. The van der Waals surface area contributed by atoms with Crippen LogP contribution in [0.4, 0.5) is 24.5 Å². The third kappa shape index (κ3) is 5.80. The molecule has 0 aromatic heterocycles. The Morgan fingerprint density at radius 1 is 1.26 bits per heavy atom. The van der Waals surface area contributed by atoms with E-state index in [4.69, 9.17) is 4.84 Å². The van der Waals surface area contributed by atoms with Crippen molar-refractivity contribution >= 4 is 56.0 Å². The lowest BCUT2D eigenvalue weighted by Gasteiger charge is -2.22. The number of anilines is 2. The normalized spacial score (nSPS) is 11.4. The van der Waals surface area contributed by atoms with Crippen LogP contribution in [0.1, 0.15) is 24.2 Å². The number of benzene rings is 2. The van der Waals surface area contributed by atoms with Gasteiger partial charge in [-0.25, -0.2) is 13.2 Å². The van der Waals surface area contributed by atoms with Gasteiger partial charge in [-0.2, -0.15) is 0 Å². The molecule has 0 aliphatic rings. The molecule has 2 rings (SSSR count). The molecular formula is C17H15BrF3IN2O3. The molecule has 0 fully saturated rings. The summed E-state index contributed by atoms with van der Waals surface area (Å²) in [4.78, 5) is 17.6. The van der Waals surface area contributed by atoms with Crippen LogP contribution in [0.2, 0.25) is 0 Å². The van der Waals surface area contributed by atoms with E-state index >= 15 is 0 Å². The van der Waals surface area contributed by atoms with Gasteiger partial charge in [0.1, 0.15) is 12.4 Å². The predicted molar refractivity (Wildman–Crippen MR) is 106 cm³/mol. The van der Waals surface area contributed by atoms with E-state index in [1.165, 1.54) is 26.0 Å². The zero-order valence-corrected chi connectivity index (χ0v) is 17.9. The summed E-state index contributed by atoms with van der Waals surface area (Å²) in [6.45, 7) is 2.67. The van der Waals surface area contributed by atoms with E-state index in [0.717, 1.165) is 12.1 Å². The van der Waals surface area contributed by atoms with Crippen molar-refractivity contribution in [1.29, 1.82) is 0 Å². The number of rotatable bonds is 6. The standard InChI is InChI=1S/C17H15BrF3IN2O3/c1-17(2,26)8-27-24(18)16(25)10-4-5-11(19)14(21)15(10)23-13-6-3-9(22)7-12(13)20/h3-7,23,26H,8H2,1-2H3. The van der Waals surface area contributed by atoms with Crippen molar-refractivity contribution in [3.8, 4) is 0 Å². The lowest BCUT2D eigenvalue weighted by Crippen LogP contribution is -2.32. The van der Waals surface area contributed by atoms with E-state index in [1.54, 1.807) is 6.07 Å². The van der Waals surface area contributed by atoms with Crippen LogP contribution < -0.4 is 5.32 Å². The molecule has 0 atom stereocenters. The first-order valence-corrected chi connectivity index (χ1v) is 9.34. The molecule has 5 nitrogen and oxygen atoms in total. The molecule has 0 unspecified atom stereocenters. The second-order valence-electron chi connectivity index (χ2n) is 6.17. The van der Waals surface area contributed by atoms with E-state index in [2.05, 4.69) is 21.5 Å². The van der Waals surface area contributed by atoms with Crippen LogP contribution in [0.3, 0.4) is 0 Å². The van der Waals surface area contributed by atoms with Gasteiger partial charge in [-0.1, -0.05) is 0 Å². The number of hydroxylamine groups is 1. The van der Waals surface area contributed by atoms with Crippen LogP contribution in [0.15, 0.2) is 30.3 Å². The molecule has 2 N–H and O–H groups in total. The van der Waals surface area contributed by atoms with Crippen molar-refractivity contribution in [3.63, 3.8) is 0 Å². The first-order chi connectivity index (χ1) is 12.5. The molecule has 0 heterocycles. The molecular weight excluding hydrogens is 544 g/mol. The number of hydrogen-bond acceptors (Lipinski definition) is 4. The topological polar surface area (TPSA) is 61.8 Å². The molecule has 146 valence electrons. The Hall–Kier alpha value is -1.37. The lowest BCUT2D eigenvalue weighted by atomic mass is 10.1. The van der Waals surface area contributed by atoms with Gasteiger partial charge in [0.25, 0.3) is 5.91 Å². The smallest absolute Gasteiger partial charge is 0.290 e. The van der Waals surface area contributed by atoms with E-state index in [9.17, 15) is 23.1 Å². The number of hydrogen-bond donors (Lipinski definition) is 2. The highest BCUT2D eigenvalue weighted by atomic mass is 127. The average Bonchev–Trinajstić information content (AvgIpc) is 2.57. The maximum absolute atomic E-state index is 14.3. The number of nitrogens with zero attached hydrogens (tertiary/aromatic N) is 1. The van der Waals surface area contributed by atoms with Crippen molar-refractivity contribution in [1.82, 2.24) is 4.09 Å². The third-order valence-corrected chi connectivity index (χ3v) is 4.40. The summed E-state index contributed by atoms with van der Waals surface area (Å²) in [6.07, 6.45) is 0. The fourth-order valence-corrected chi connectivity index (χ4v) is 2.69. The number of amides is 1. The molecule has 2 aromatic carbocycles. The SMILES string of the molecule is CC(C)(O)CON(Br)C(=O)c1ccc(F)c(F)c1Nc1ccc(I)cc1F. The summed E-state index contributed by atoms with van der Waals surface area (Å²) >= 11 is 4.75. The minimum Gasteiger partial charge on any atom is -0.388 e. The molecule has 27 heavy (non-hydrogen) atoms. The van der Waals surface area contributed by atoms with Crippen LogP contribution in [-0.2, 0) is 4.84 Å². The minimum absolute atomic E-state index is 0.132. The fourth-order valence-electron chi connectivity index (χ4n) is 1.94. The van der Waals surface area contributed by atoms with Crippen molar-refractivity contribution in [2.75, 3.05) is 11.9 Å². The average molecular weight is 559 g/mol. The van der Waals surface area contributed by atoms with Gasteiger partial charge < -0.3 is 10.4 Å². The summed E-state index contributed by atoms with van der Waals surface area (Å²) in [7, 11) is 0. The lowest BCUT2D eigenvalue weighted by molar-refractivity contribution is -0.106. The number of carbonyl (C=O) groups excluding carboxylic acids is 1. The van der Waals surface area contributed by atoms with Crippen LogP contribution in [0.5, 0.6) is 0 Å². The fraction of sp³-hybridized carbons (Fsp3) is 0.235. The molecule has 0 saturated heterocycles. The molecule has 0 aliphatic heterocycles. The van der Waals surface area contributed by atoms with Gasteiger partial charge in [0.15, 0.2) is 11.6 Å². The third-order valence-electron chi connectivity index (χ3n) is 3.21. The molecule has 0 bridgehead atoms. The van der Waals surface area contributed by atoms with Gasteiger partial charge in [-0.15, -0.1) is 4.09 Å². The van der Waals surface area contributed by atoms with Gasteiger partial charge in [0.05, 0.1) is 38.7 Å². The van der Waals surface area contributed by atoms with E-state index in [1.807, 2.05) is 22.6 Å². The van der Waals surface area contributed by atoms with E-state index in [0.29, 0.717) is 7.66 Å². The summed E-state index contributed by atoms with van der Waals surface area (Å²) in [5.74, 6) is -4.13. The van der Waals surface area contributed by atoms with Gasteiger partial charge in [0, 0.05) is 3.57 Å². The highest BCUT2D eigenvalue weighted by Gasteiger charge is 2.25. The number of aliphatic hydroxyl groups is 1. The van der Waals surface area contributed by atoms with Gasteiger partial charge in [-0.3, -0.25) is 9.63 Å². The zero-order valence-electron chi connectivity index (χ0n) is 14.2. The highest BCUT2D eigenvalue weighted by Crippen LogP contribution is 2.30. The molecule has 0 radical (unpaired) electrons. The van der Waals surface area contributed by atoms with Gasteiger partial charge in [-0.05, 0) is 66.8 Å². The van der Waals surface area contributed by atoms with Crippen LogP contribution >= 0.6 is 38.7 Å². The largest absolute Gasteiger partial charge is 0.388 e. The molecule has 0 saturated carbocycles. The molecule has 2 aromatic rings. The zero-order chi connectivity index (χ0) is 20.4. The summed E-state index contributed by atoms with van der Waals surface area (Å²) in [6, 6.07) is 5.91. The number of carbonyl (C=O) groups is 1. The van der Waals surface area contributed by atoms with Gasteiger partial charge in [0.2, 0.25) is 0 Å². The first kappa shape index (κ1) is 21.9. The molecule has 0 spiro atoms. The van der Waals surface area contributed by atoms with Crippen LogP contribution in [0.25, 0.3) is 0 Å². The Kier molecular flexibility index (Phi) is 7.11. The van der Waals surface area contributed by atoms with Crippen molar-refractivity contribution in [2.24, 2.45) is 0 Å². The Bertz CT molecular complexity index is 862. The maximum Gasteiger partial charge on any atom is 0.290 e. The monoisotopic (exact) mass is 558 g/mol. The molecule has 1 amide bonds. The van der Waals surface area contributed by atoms with Crippen molar-refractivity contribution < 1.29 is 27.9 Å². The quantitative estimate of drug-likeness (QED) is 0.301. The Balaban J connectivity index is 2.37. The Morgan fingerprint density at radius 2 is 1.93 bits per heavy atom. The number of nitrogens with one attached hydrogen (secondary N) is 1. The van der Waals surface area contributed by atoms with Crippen molar-refractivity contribution in [2.45, 2.75) is 19.4 Å². The molecule has 0 aliphatic carbocycles. The summed E-state index contributed by atoms with van der Waals surface area (Å²) < 4.78 is 43.3. The second kappa shape index (κ2) is 8.76. The summed E-state index contributed by atoms with van der Waals surface area (Å²) in [5.41, 5.74) is -2.21. The predicted octanol–water partition coefficient (Wildman–Crippen LogP) is 4.91. The Morgan fingerprint density at radius 3 is 2.52 bits per heavy atom. The summed E-state index contributed by atoms with van der Waals surface area (Å²) in [5, 5.41) is 12.1. The molecule has 10 heteroatoms. The maximum atomic E-state index is 14.3. The van der Waals surface area contributed by atoms with Crippen LogP contribution in [-0.4, -0.2) is 27.3 Å². The van der Waals surface area contributed by atoms with Crippen LogP contribution in [0, 0.1) is 21.0 Å². The second-order valence-corrected chi connectivity index (χ2v) is 8.06.